The Kier molecular flexibility index (Phi) is 31.0. The van der Waals surface area contributed by atoms with Crippen LogP contribution in [0.2, 0.25) is 0 Å². The minimum absolute atomic E-state index is 0.0218. The summed E-state index contributed by atoms with van der Waals surface area (Å²) in [6.45, 7) is 13.7. The van der Waals surface area contributed by atoms with Crippen molar-refractivity contribution in [2.75, 3.05) is 150 Å². The zero-order valence-electron chi connectivity index (χ0n) is 62.5. The molecule has 1 aliphatic carbocycles. The van der Waals surface area contributed by atoms with Crippen molar-refractivity contribution in [3.05, 3.63) is 91.5 Å². The molecule has 9 amide bonds. The topological polar surface area (TPSA) is 406 Å². The first-order chi connectivity index (χ1) is 52.7. The fourth-order valence-corrected chi connectivity index (χ4v) is 13.0. The number of alkyl halides is 2. The third-order valence-corrected chi connectivity index (χ3v) is 19.4. The maximum absolute atomic E-state index is 15.7. The number of fused-ring (bicyclic) bond motifs is 5. The molecule has 7 atom stereocenters. The summed E-state index contributed by atoms with van der Waals surface area (Å²) < 4.78 is 108. The Morgan fingerprint density at radius 3 is 1.90 bits per heavy atom. The van der Waals surface area contributed by atoms with Crippen LogP contribution in [0.3, 0.4) is 0 Å². The minimum Gasteiger partial charge on any atom is -0.458 e. The Bertz CT molecular complexity index is 4030. The molecule has 110 heavy (non-hydrogen) atoms. The number of carbonyl (C=O) groups is 10. The largest absolute Gasteiger partial charge is 0.458 e. The highest BCUT2D eigenvalue weighted by Gasteiger charge is 2.49. The van der Waals surface area contributed by atoms with Crippen LogP contribution in [0.25, 0.3) is 22.3 Å². The molecular weight excluding hydrogens is 1450 g/mol. The number of ether oxygens (including phenoxy) is 11. The van der Waals surface area contributed by atoms with Crippen LogP contribution in [0.1, 0.15) is 118 Å². The van der Waals surface area contributed by atoms with Crippen molar-refractivity contribution in [3.8, 4) is 11.4 Å². The normalized spacial score (nSPS) is 18.5. The number of cyclic esters (lactones) is 1. The highest BCUT2D eigenvalue weighted by molar-refractivity contribution is 6.04. The number of pyridine rings is 2. The number of benzene rings is 2. The van der Waals surface area contributed by atoms with E-state index in [-0.39, 0.29) is 166 Å². The number of amides is 9. The fraction of sp³-hybridized carbons (Fsp3) is 0.595. The van der Waals surface area contributed by atoms with Crippen molar-refractivity contribution in [2.24, 2.45) is 5.92 Å². The molecule has 602 valence electrons. The van der Waals surface area contributed by atoms with Crippen LogP contribution >= 0.6 is 0 Å². The number of nitrogens with one attached hydrogen (secondary N) is 6. The van der Waals surface area contributed by atoms with E-state index in [2.05, 4.69) is 26.6 Å². The SMILES string of the molecule is CC[C@@]1(O)C(=O)OCc2c1cc1n(c2=O)Cc2c-1nc1cc(F)c(C)c3c1c2[C@@H](NC(=O)C(C)(NC(=O)OC(C(=O)N1CCOCC1)c1ccc(NC(=O)[C@H](C)NC(=O)[C@H](C)NC(=O)CCOCCOCCOCCOCCOCCOCCOCCOCCNC(=O)CCN2C(=O)CC(C)C2=O)cc1)C(F)F)CC3. The summed E-state index contributed by atoms with van der Waals surface area (Å²) in [5.41, 5.74) is -3.48. The van der Waals surface area contributed by atoms with Gasteiger partial charge in [-0.2, -0.15) is 0 Å². The van der Waals surface area contributed by atoms with Gasteiger partial charge in [0.25, 0.3) is 23.8 Å². The van der Waals surface area contributed by atoms with Crippen LogP contribution < -0.4 is 37.5 Å². The molecule has 0 bridgehead atoms. The molecule has 3 unspecified atom stereocenters. The second-order valence-electron chi connectivity index (χ2n) is 27.1. The molecule has 36 heteroatoms. The molecule has 2 aromatic carbocycles. The van der Waals surface area contributed by atoms with Crippen molar-refractivity contribution >= 4 is 75.9 Å². The van der Waals surface area contributed by atoms with Gasteiger partial charge in [-0.3, -0.25) is 48.1 Å². The number of imide groups is 1. The molecule has 2 fully saturated rings. The van der Waals surface area contributed by atoms with Gasteiger partial charge in [-0.05, 0) is 81.8 Å². The summed E-state index contributed by atoms with van der Waals surface area (Å²) in [4.78, 5) is 152. The first-order valence-electron chi connectivity index (χ1n) is 36.8. The molecule has 0 saturated carbocycles. The number of alkyl carbamates (subject to hydrolysis) is 1. The Morgan fingerprint density at radius 2 is 1.33 bits per heavy atom. The molecule has 4 aromatic rings. The Morgan fingerprint density at radius 1 is 0.745 bits per heavy atom. The standard InChI is InChI=1S/C74H97F3N10O23/c1-7-74(99)52-39-56-62-50(41-87(56)67(94)51(52)42-109-71(74)97)61-54(13-12-49-44(3)53(75)40-55(82-62)60(49)61)83-70(96)73(6,69(76)77)84-72(98)110-63(68(95)85-18-22-102-23-19-85)47-8-10-48(11-9-47)81-65(92)46(5)80-64(91)45(4)79-58(89)15-20-100-24-26-103-28-30-105-32-34-107-36-37-108-35-33-106-31-29-104-27-25-101-21-16-78-57(88)14-17-86-59(90)38-43(2)66(86)93/h8-11,39-40,43,45-46,54,63,69,99H,7,12-38,41-42H2,1-6H3,(H,78,88)(H,79,89)(H,80,91)(H,81,92)(H,83,96)(H,84,98)/t43?,45-,46-,54-,63?,73?,74-/m0/s1. The van der Waals surface area contributed by atoms with Gasteiger partial charge in [-0.1, -0.05) is 26.0 Å². The summed E-state index contributed by atoms with van der Waals surface area (Å²) in [5, 5.41) is 27.0. The molecule has 5 aliphatic rings. The number of aliphatic hydroxyl groups is 1. The minimum atomic E-state index is -3.59. The number of nitrogens with zero attached hydrogens (tertiary/aromatic N) is 4. The number of morpholine rings is 1. The van der Waals surface area contributed by atoms with Crippen LogP contribution in [-0.4, -0.2) is 253 Å². The van der Waals surface area contributed by atoms with Crippen molar-refractivity contribution in [1.29, 1.82) is 0 Å². The van der Waals surface area contributed by atoms with Crippen molar-refractivity contribution in [2.45, 2.75) is 135 Å². The molecule has 6 heterocycles. The molecule has 2 aromatic heterocycles. The van der Waals surface area contributed by atoms with E-state index < -0.39 is 101 Å². The average Bonchev–Trinajstić information content (AvgIpc) is 1.50. The highest BCUT2D eigenvalue weighted by Crippen LogP contribution is 2.46. The average molecular weight is 1550 g/mol. The number of anilines is 1. The van der Waals surface area contributed by atoms with Gasteiger partial charge >= 0.3 is 12.1 Å². The van der Waals surface area contributed by atoms with E-state index in [1.165, 1.54) is 59.7 Å². The lowest BCUT2D eigenvalue weighted by atomic mass is 9.81. The molecule has 4 aliphatic heterocycles. The van der Waals surface area contributed by atoms with Crippen LogP contribution in [0.5, 0.6) is 0 Å². The predicted molar refractivity (Wildman–Crippen MR) is 382 cm³/mol. The van der Waals surface area contributed by atoms with Gasteiger partial charge in [0.05, 0.1) is 154 Å². The number of carbonyl (C=O) groups excluding carboxylic acids is 10. The van der Waals surface area contributed by atoms with E-state index in [1.54, 1.807) is 20.8 Å². The van der Waals surface area contributed by atoms with Gasteiger partial charge in [-0.25, -0.2) is 27.7 Å². The van der Waals surface area contributed by atoms with Crippen LogP contribution in [0.15, 0.2) is 41.2 Å². The summed E-state index contributed by atoms with van der Waals surface area (Å²) in [5.74, 6) is -6.60. The van der Waals surface area contributed by atoms with E-state index in [1.807, 2.05) is 5.32 Å². The molecule has 33 nitrogen and oxygen atoms in total. The molecule has 7 N–H and O–H groups in total. The highest BCUT2D eigenvalue weighted by atomic mass is 19.3. The van der Waals surface area contributed by atoms with E-state index in [0.717, 1.165) is 11.8 Å². The molecule has 9 rings (SSSR count). The van der Waals surface area contributed by atoms with E-state index in [9.17, 15) is 57.8 Å². The van der Waals surface area contributed by atoms with E-state index in [0.29, 0.717) is 115 Å². The maximum Gasteiger partial charge on any atom is 0.409 e. The number of esters is 1. The number of likely N-dealkylation sites (tertiary alicyclic amines) is 1. The number of halogens is 3. The number of rotatable bonds is 43. The summed E-state index contributed by atoms with van der Waals surface area (Å²) >= 11 is 0. The van der Waals surface area contributed by atoms with Gasteiger partial charge in [0.2, 0.25) is 41.5 Å². The second-order valence-corrected chi connectivity index (χ2v) is 27.1. The monoisotopic (exact) mass is 1550 g/mol. The Labute approximate surface area is 632 Å². The lowest BCUT2D eigenvalue weighted by molar-refractivity contribution is -0.172. The smallest absolute Gasteiger partial charge is 0.409 e. The molecule has 2 saturated heterocycles. The van der Waals surface area contributed by atoms with E-state index in [4.69, 9.17) is 57.1 Å². The lowest BCUT2D eigenvalue weighted by Crippen LogP contribution is -2.62. The zero-order valence-corrected chi connectivity index (χ0v) is 62.5. The van der Waals surface area contributed by atoms with Gasteiger partial charge in [0, 0.05) is 85.2 Å². The second kappa shape index (κ2) is 40.2. The Balaban J connectivity index is 0.635. The number of aryl methyl sites for hydroxylation is 1. The quantitative estimate of drug-likeness (QED) is 0.0167. The van der Waals surface area contributed by atoms with Crippen LogP contribution in [0.4, 0.5) is 23.7 Å². The summed E-state index contributed by atoms with van der Waals surface area (Å²) in [6.07, 6.45) is -6.75. The predicted octanol–water partition coefficient (Wildman–Crippen LogP) is 2.35. The first-order valence-corrected chi connectivity index (χ1v) is 36.8. The van der Waals surface area contributed by atoms with Crippen molar-refractivity contribution in [1.82, 2.24) is 45.9 Å². The van der Waals surface area contributed by atoms with E-state index >= 15 is 13.2 Å². The summed E-state index contributed by atoms with van der Waals surface area (Å²) in [7, 11) is 0. The molecule has 0 radical (unpaired) electrons. The van der Waals surface area contributed by atoms with Gasteiger partial charge in [0.1, 0.15) is 24.5 Å². The third-order valence-electron chi connectivity index (χ3n) is 19.4. The Hall–Kier alpha value is -9.11. The fourth-order valence-electron chi connectivity index (χ4n) is 13.0. The number of hydrogen-bond acceptors (Lipinski definition) is 24. The third kappa shape index (κ3) is 21.5. The number of aromatic nitrogens is 2. The van der Waals surface area contributed by atoms with Gasteiger partial charge in [0.15, 0.2) is 11.1 Å². The van der Waals surface area contributed by atoms with Crippen LogP contribution in [-0.2, 0) is 120 Å². The van der Waals surface area contributed by atoms with Crippen molar-refractivity contribution < 1.29 is 118 Å². The first kappa shape index (κ1) is 84.9. The lowest BCUT2D eigenvalue weighted by Gasteiger charge is -2.34. The summed E-state index contributed by atoms with van der Waals surface area (Å²) in [6, 6.07) is 4.80. The van der Waals surface area contributed by atoms with Crippen molar-refractivity contribution in [3.63, 3.8) is 0 Å². The molecular formula is C74H97F3N10O23. The van der Waals surface area contributed by atoms with Gasteiger partial charge < -0.3 is 98.6 Å². The maximum atomic E-state index is 15.7. The zero-order chi connectivity index (χ0) is 79.2. The number of hydrogen-bond donors (Lipinski definition) is 7. The van der Waals surface area contributed by atoms with Gasteiger partial charge in [-0.15, -0.1) is 0 Å². The van der Waals surface area contributed by atoms with Crippen LogP contribution in [0, 0.1) is 18.7 Å². The molecule has 0 spiro atoms.